The van der Waals surface area contributed by atoms with E-state index in [2.05, 4.69) is 21.6 Å². The summed E-state index contributed by atoms with van der Waals surface area (Å²) in [5, 5.41) is 0. The molecule has 0 atom stereocenters. The minimum Gasteiger partial charge on any atom is -0.464 e. The Morgan fingerprint density at radius 1 is 1.50 bits per heavy atom. The van der Waals surface area contributed by atoms with E-state index in [0.717, 1.165) is 30.8 Å². The average Bonchev–Trinajstić information content (AvgIpc) is 2.60. The number of aryl methyl sites for hydroxylation is 2. The van der Waals surface area contributed by atoms with Crippen LogP contribution in [0, 0.1) is 0 Å². The molecule has 0 aliphatic carbocycles. The van der Waals surface area contributed by atoms with Crippen LogP contribution in [0.2, 0.25) is 0 Å². The van der Waals surface area contributed by atoms with Crippen LogP contribution in [-0.4, -0.2) is 23.0 Å². The zero-order valence-electron chi connectivity index (χ0n) is 8.89. The number of imidazole rings is 1. The van der Waals surface area contributed by atoms with Gasteiger partial charge in [-0.25, -0.2) is 9.78 Å². The highest BCUT2D eigenvalue weighted by Gasteiger charge is 2.15. The molecule has 1 N–H and O–H groups in total. The number of nitrogens with zero attached hydrogens (tertiary/aromatic N) is 1. The predicted octanol–water partition coefficient (Wildman–Crippen LogP) is 1.71. The lowest BCUT2D eigenvalue weighted by Gasteiger charge is -1.96. The van der Waals surface area contributed by atoms with Gasteiger partial charge in [-0.1, -0.05) is 13.8 Å². The number of aromatic nitrogens is 2. The minimum atomic E-state index is -0.336. The van der Waals surface area contributed by atoms with Gasteiger partial charge in [-0.05, 0) is 12.8 Å². The summed E-state index contributed by atoms with van der Waals surface area (Å²) >= 11 is 0. The van der Waals surface area contributed by atoms with Gasteiger partial charge in [-0.15, -0.1) is 0 Å². The van der Waals surface area contributed by atoms with E-state index >= 15 is 0 Å². The van der Waals surface area contributed by atoms with Crippen LogP contribution in [0.25, 0.3) is 0 Å². The van der Waals surface area contributed by atoms with Crippen molar-refractivity contribution in [2.75, 3.05) is 7.11 Å². The largest absolute Gasteiger partial charge is 0.464 e. The van der Waals surface area contributed by atoms with E-state index in [1.165, 1.54) is 7.11 Å². The molecule has 4 nitrogen and oxygen atoms in total. The molecule has 0 saturated carbocycles. The van der Waals surface area contributed by atoms with Gasteiger partial charge >= 0.3 is 5.97 Å². The number of aromatic amines is 1. The molecular formula is C10H16N2O2. The van der Waals surface area contributed by atoms with Crippen molar-refractivity contribution in [3.63, 3.8) is 0 Å². The Kier molecular flexibility index (Phi) is 3.68. The molecule has 0 aliphatic rings. The molecular weight excluding hydrogens is 180 g/mol. The molecule has 0 radical (unpaired) electrons. The van der Waals surface area contributed by atoms with E-state index in [0.29, 0.717) is 5.69 Å². The van der Waals surface area contributed by atoms with Crippen molar-refractivity contribution in [1.82, 2.24) is 9.97 Å². The van der Waals surface area contributed by atoms with Gasteiger partial charge < -0.3 is 9.72 Å². The van der Waals surface area contributed by atoms with Crippen molar-refractivity contribution in [1.29, 1.82) is 0 Å². The lowest BCUT2D eigenvalue weighted by molar-refractivity contribution is 0.0593. The molecule has 1 rings (SSSR count). The van der Waals surface area contributed by atoms with Crippen molar-refractivity contribution >= 4 is 5.97 Å². The zero-order valence-corrected chi connectivity index (χ0v) is 8.89. The highest BCUT2D eigenvalue weighted by Crippen LogP contribution is 2.09. The number of methoxy groups -OCH3 is 1. The normalized spacial score (nSPS) is 10.2. The fourth-order valence-electron chi connectivity index (χ4n) is 1.35. The van der Waals surface area contributed by atoms with Crippen molar-refractivity contribution in [3.05, 3.63) is 17.2 Å². The summed E-state index contributed by atoms with van der Waals surface area (Å²) in [5.41, 5.74) is 1.29. The van der Waals surface area contributed by atoms with Crippen LogP contribution in [0.3, 0.4) is 0 Å². The molecule has 0 amide bonds. The standard InChI is InChI=1S/C10H16N2O2/c1-4-6-8-11-7(5-2)9(12-8)10(13)14-3/h4-6H2,1-3H3,(H,11,12). The second-order valence-electron chi connectivity index (χ2n) is 3.10. The van der Waals surface area contributed by atoms with Crippen LogP contribution in [-0.2, 0) is 17.6 Å². The Morgan fingerprint density at radius 3 is 2.71 bits per heavy atom. The van der Waals surface area contributed by atoms with Gasteiger partial charge in [0.1, 0.15) is 11.5 Å². The van der Waals surface area contributed by atoms with Gasteiger partial charge in [0, 0.05) is 6.42 Å². The first-order chi connectivity index (χ1) is 6.72. The summed E-state index contributed by atoms with van der Waals surface area (Å²) in [7, 11) is 1.38. The van der Waals surface area contributed by atoms with E-state index in [1.807, 2.05) is 6.92 Å². The number of H-pyrrole nitrogens is 1. The fourth-order valence-corrected chi connectivity index (χ4v) is 1.35. The second-order valence-corrected chi connectivity index (χ2v) is 3.10. The van der Waals surface area contributed by atoms with Gasteiger partial charge in [0.2, 0.25) is 0 Å². The first-order valence-electron chi connectivity index (χ1n) is 4.89. The minimum absolute atomic E-state index is 0.336. The quantitative estimate of drug-likeness (QED) is 0.746. The van der Waals surface area contributed by atoms with E-state index in [4.69, 9.17) is 0 Å². The molecule has 0 saturated heterocycles. The Bertz CT molecular complexity index is 318. The van der Waals surface area contributed by atoms with E-state index in [1.54, 1.807) is 0 Å². The topological polar surface area (TPSA) is 55.0 Å². The van der Waals surface area contributed by atoms with Gasteiger partial charge in [0.15, 0.2) is 0 Å². The maximum atomic E-state index is 11.3. The fraction of sp³-hybridized carbons (Fsp3) is 0.600. The number of carbonyl (C=O) groups excluding carboxylic acids is 1. The molecule has 78 valence electrons. The van der Waals surface area contributed by atoms with E-state index < -0.39 is 0 Å². The maximum Gasteiger partial charge on any atom is 0.356 e. The lowest BCUT2D eigenvalue weighted by Crippen LogP contribution is -2.05. The number of hydrogen-bond acceptors (Lipinski definition) is 3. The summed E-state index contributed by atoms with van der Waals surface area (Å²) < 4.78 is 4.66. The van der Waals surface area contributed by atoms with Crippen LogP contribution in [0.15, 0.2) is 0 Å². The number of nitrogens with one attached hydrogen (secondary N) is 1. The molecule has 14 heavy (non-hydrogen) atoms. The summed E-state index contributed by atoms with van der Waals surface area (Å²) in [4.78, 5) is 18.6. The van der Waals surface area contributed by atoms with Crippen molar-refractivity contribution in [2.45, 2.75) is 33.1 Å². The van der Waals surface area contributed by atoms with Gasteiger partial charge in [0.05, 0.1) is 12.8 Å². The molecule has 1 aromatic heterocycles. The van der Waals surface area contributed by atoms with Crippen molar-refractivity contribution in [2.24, 2.45) is 0 Å². The monoisotopic (exact) mass is 196 g/mol. The summed E-state index contributed by atoms with van der Waals surface area (Å²) in [6.07, 6.45) is 2.62. The first kappa shape index (κ1) is 10.8. The van der Waals surface area contributed by atoms with Crippen molar-refractivity contribution in [3.8, 4) is 0 Å². The average molecular weight is 196 g/mol. The number of ether oxygens (including phenoxy) is 1. The van der Waals surface area contributed by atoms with Crippen LogP contribution >= 0.6 is 0 Å². The van der Waals surface area contributed by atoms with Gasteiger partial charge in [-0.2, -0.15) is 0 Å². The lowest BCUT2D eigenvalue weighted by atomic mass is 10.3. The smallest absolute Gasteiger partial charge is 0.356 e. The molecule has 4 heteroatoms. The molecule has 1 aromatic rings. The maximum absolute atomic E-state index is 11.3. The summed E-state index contributed by atoms with van der Waals surface area (Å²) in [6, 6.07) is 0. The van der Waals surface area contributed by atoms with Gasteiger partial charge in [-0.3, -0.25) is 0 Å². The van der Waals surface area contributed by atoms with Crippen LogP contribution in [0.1, 0.15) is 42.3 Å². The van der Waals surface area contributed by atoms with E-state index in [9.17, 15) is 4.79 Å². The van der Waals surface area contributed by atoms with Gasteiger partial charge in [0.25, 0.3) is 0 Å². The summed E-state index contributed by atoms with van der Waals surface area (Å²) in [5.74, 6) is 0.529. The molecule has 0 fully saturated rings. The highest BCUT2D eigenvalue weighted by molar-refractivity contribution is 5.88. The Hall–Kier alpha value is -1.32. The molecule has 0 bridgehead atoms. The zero-order chi connectivity index (χ0) is 10.6. The molecule has 1 heterocycles. The van der Waals surface area contributed by atoms with Crippen LogP contribution in [0.4, 0.5) is 0 Å². The molecule has 0 aromatic carbocycles. The highest BCUT2D eigenvalue weighted by atomic mass is 16.5. The Morgan fingerprint density at radius 2 is 2.21 bits per heavy atom. The third-order valence-corrected chi connectivity index (χ3v) is 2.04. The Labute approximate surface area is 83.7 Å². The number of carbonyl (C=O) groups is 1. The van der Waals surface area contributed by atoms with Crippen molar-refractivity contribution < 1.29 is 9.53 Å². The third kappa shape index (κ3) is 2.13. The first-order valence-corrected chi connectivity index (χ1v) is 4.89. The second kappa shape index (κ2) is 4.79. The van der Waals surface area contributed by atoms with E-state index in [-0.39, 0.29) is 5.97 Å². The molecule has 0 unspecified atom stereocenters. The Balaban J connectivity index is 2.96. The molecule has 0 aliphatic heterocycles. The predicted molar refractivity (Wildman–Crippen MR) is 53.3 cm³/mol. The summed E-state index contributed by atoms with van der Waals surface area (Å²) in [6.45, 7) is 4.05. The molecule has 0 spiro atoms. The SMILES string of the molecule is CCCc1nc(CC)c(C(=O)OC)[nH]1. The third-order valence-electron chi connectivity index (χ3n) is 2.04. The number of rotatable bonds is 4. The number of esters is 1. The number of hydrogen-bond donors (Lipinski definition) is 1. The van der Waals surface area contributed by atoms with Crippen LogP contribution < -0.4 is 0 Å². The van der Waals surface area contributed by atoms with Crippen LogP contribution in [0.5, 0.6) is 0 Å².